The van der Waals surface area contributed by atoms with Crippen molar-refractivity contribution in [1.82, 2.24) is 9.88 Å². The maximum absolute atomic E-state index is 12.9. The molecule has 2 aromatic carbocycles. The molecule has 36 heavy (non-hydrogen) atoms. The number of nitrogens with zero attached hydrogens (tertiary/aromatic N) is 1. The van der Waals surface area contributed by atoms with Gasteiger partial charge in [-0.3, -0.25) is 9.59 Å². The molecule has 0 radical (unpaired) electrons. The van der Waals surface area contributed by atoms with Gasteiger partial charge in [-0.15, -0.1) is 0 Å². The number of fused-ring (bicyclic) bond motifs is 1. The molecule has 1 amide bonds. The van der Waals surface area contributed by atoms with E-state index < -0.39 is 18.5 Å². The van der Waals surface area contributed by atoms with Crippen LogP contribution >= 0.6 is 0 Å². The first-order valence-electron chi connectivity index (χ1n) is 11.6. The summed E-state index contributed by atoms with van der Waals surface area (Å²) in [5.74, 6) is -0.135. The van der Waals surface area contributed by atoms with Crippen LogP contribution in [0.3, 0.4) is 0 Å². The Morgan fingerprint density at radius 1 is 1.06 bits per heavy atom. The van der Waals surface area contributed by atoms with Crippen molar-refractivity contribution in [2.75, 3.05) is 13.2 Å². The number of hydrogen-bond donors (Lipinski definition) is 1. The summed E-state index contributed by atoms with van der Waals surface area (Å²) in [6, 6.07) is 18.3. The average molecular weight is 489 g/mol. The second-order valence-corrected chi connectivity index (χ2v) is 8.54. The molecule has 0 spiro atoms. The molecule has 8 heteroatoms. The van der Waals surface area contributed by atoms with Gasteiger partial charge in [0.15, 0.2) is 24.2 Å². The van der Waals surface area contributed by atoms with Crippen LogP contribution in [-0.4, -0.2) is 41.5 Å². The van der Waals surface area contributed by atoms with Crippen LogP contribution in [0.15, 0.2) is 66.4 Å². The Bertz CT molecular complexity index is 1310. The minimum absolute atomic E-state index is 0.0401. The van der Waals surface area contributed by atoms with Gasteiger partial charge in [0.1, 0.15) is 12.3 Å². The van der Waals surface area contributed by atoms with Crippen LogP contribution in [0.1, 0.15) is 34.2 Å². The van der Waals surface area contributed by atoms with Crippen molar-refractivity contribution in [2.45, 2.75) is 33.4 Å². The molecule has 0 unspecified atom stereocenters. The van der Waals surface area contributed by atoms with Gasteiger partial charge in [-0.1, -0.05) is 42.5 Å². The molecule has 186 valence electrons. The van der Waals surface area contributed by atoms with Gasteiger partial charge >= 0.3 is 5.97 Å². The molecule has 0 saturated carbocycles. The summed E-state index contributed by atoms with van der Waals surface area (Å²) >= 11 is 0. The summed E-state index contributed by atoms with van der Waals surface area (Å²) in [4.78, 5) is 37.2. The summed E-state index contributed by atoms with van der Waals surface area (Å²) in [6.07, 6.45) is 1.29. The second kappa shape index (κ2) is 10.9. The Kier molecular flexibility index (Phi) is 7.53. The first kappa shape index (κ1) is 24.8. The largest absolute Gasteiger partial charge is 0.486 e. The first-order valence-corrected chi connectivity index (χ1v) is 11.6. The zero-order chi connectivity index (χ0) is 25.7. The zero-order valence-electron chi connectivity index (χ0n) is 20.4. The standard InChI is InChI=1S/C28H28N2O6/c1-18-13-23(19(2)30(18)15-22-16-34-26-11-7-8-12-27(26)36-22)25(32)17-35-28(33)24(29-20(3)31)14-21-9-5-4-6-10-21/h4-14,22H,15-17H2,1-3H3,(H,29,31)/b24-14-/t22-/m0/s1. The molecule has 0 bridgehead atoms. The summed E-state index contributed by atoms with van der Waals surface area (Å²) in [7, 11) is 0. The minimum Gasteiger partial charge on any atom is -0.486 e. The number of amides is 1. The molecule has 0 aliphatic carbocycles. The summed E-state index contributed by atoms with van der Waals surface area (Å²) < 4.78 is 19.1. The van der Waals surface area contributed by atoms with Gasteiger partial charge in [-0.25, -0.2) is 4.79 Å². The minimum atomic E-state index is -0.789. The van der Waals surface area contributed by atoms with Crippen molar-refractivity contribution in [3.8, 4) is 11.5 Å². The third-order valence-corrected chi connectivity index (χ3v) is 5.80. The molecule has 1 aliphatic heterocycles. The number of carbonyl (C=O) groups excluding carboxylic acids is 3. The van der Waals surface area contributed by atoms with E-state index in [1.807, 2.05) is 60.9 Å². The van der Waals surface area contributed by atoms with Crippen molar-refractivity contribution in [1.29, 1.82) is 0 Å². The predicted octanol–water partition coefficient (Wildman–Crippen LogP) is 3.85. The Morgan fingerprint density at radius 2 is 1.75 bits per heavy atom. The van der Waals surface area contributed by atoms with Gasteiger partial charge in [0, 0.05) is 23.9 Å². The van der Waals surface area contributed by atoms with E-state index in [1.165, 1.54) is 13.0 Å². The fourth-order valence-corrected chi connectivity index (χ4v) is 4.06. The maximum atomic E-state index is 12.9. The fourth-order valence-electron chi connectivity index (χ4n) is 4.06. The number of ether oxygens (including phenoxy) is 3. The van der Waals surface area contributed by atoms with Gasteiger partial charge in [0.2, 0.25) is 11.7 Å². The van der Waals surface area contributed by atoms with E-state index in [9.17, 15) is 14.4 Å². The van der Waals surface area contributed by atoms with Crippen molar-refractivity contribution in [3.63, 3.8) is 0 Å². The lowest BCUT2D eigenvalue weighted by atomic mass is 10.1. The fraction of sp³-hybridized carbons (Fsp3) is 0.250. The molecule has 0 fully saturated rings. The van der Waals surface area contributed by atoms with Crippen LogP contribution in [0.25, 0.3) is 6.08 Å². The summed E-state index contributed by atoms with van der Waals surface area (Å²) in [6.45, 7) is 5.50. The van der Waals surface area contributed by atoms with Gasteiger partial charge in [-0.05, 0) is 43.7 Å². The number of aromatic nitrogens is 1. The highest BCUT2D eigenvalue weighted by molar-refractivity contribution is 6.02. The highest BCUT2D eigenvalue weighted by Gasteiger charge is 2.24. The van der Waals surface area contributed by atoms with Gasteiger partial charge in [-0.2, -0.15) is 0 Å². The van der Waals surface area contributed by atoms with Crippen LogP contribution in [0, 0.1) is 13.8 Å². The molecule has 1 atom stereocenters. The predicted molar refractivity (Wildman–Crippen MR) is 134 cm³/mol. The van der Waals surface area contributed by atoms with Crippen molar-refractivity contribution < 1.29 is 28.6 Å². The van der Waals surface area contributed by atoms with E-state index in [4.69, 9.17) is 14.2 Å². The number of rotatable bonds is 8. The summed E-state index contributed by atoms with van der Waals surface area (Å²) in [5, 5.41) is 2.48. The Balaban J connectivity index is 1.42. The third kappa shape index (κ3) is 5.83. The van der Waals surface area contributed by atoms with Crippen LogP contribution in [0.5, 0.6) is 11.5 Å². The number of esters is 1. The van der Waals surface area contributed by atoms with E-state index in [-0.39, 0.29) is 17.6 Å². The van der Waals surface area contributed by atoms with E-state index >= 15 is 0 Å². The van der Waals surface area contributed by atoms with Crippen molar-refractivity contribution in [2.24, 2.45) is 0 Å². The molecule has 1 aliphatic rings. The van der Waals surface area contributed by atoms with Gasteiger partial charge in [0.25, 0.3) is 0 Å². The summed E-state index contributed by atoms with van der Waals surface area (Å²) in [5.41, 5.74) is 2.77. The smallest absolute Gasteiger partial charge is 0.355 e. The van der Waals surface area contributed by atoms with Crippen molar-refractivity contribution >= 4 is 23.7 Å². The average Bonchev–Trinajstić information content (AvgIpc) is 3.15. The quantitative estimate of drug-likeness (QED) is 0.294. The number of ketones is 1. The lowest BCUT2D eigenvalue weighted by molar-refractivity contribution is -0.139. The molecular weight excluding hydrogens is 460 g/mol. The Morgan fingerprint density at radius 3 is 2.47 bits per heavy atom. The monoisotopic (exact) mass is 488 g/mol. The second-order valence-electron chi connectivity index (χ2n) is 8.54. The molecule has 4 rings (SSSR count). The Labute approximate surface area is 209 Å². The molecule has 8 nitrogen and oxygen atoms in total. The maximum Gasteiger partial charge on any atom is 0.355 e. The lowest BCUT2D eigenvalue weighted by Gasteiger charge is -2.27. The van der Waals surface area contributed by atoms with E-state index in [2.05, 4.69) is 5.32 Å². The number of para-hydroxylation sites is 2. The number of carbonyl (C=O) groups is 3. The number of benzene rings is 2. The molecule has 1 aromatic heterocycles. The van der Waals surface area contributed by atoms with E-state index in [1.54, 1.807) is 18.2 Å². The normalized spacial score (nSPS) is 14.8. The lowest BCUT2D eigenvalue weighted by Crippen LogP contribution is -2.33. The van der Waals surface area contributed by atoms with E-state index in [0.29, 0.717) is 35.8 Å². The van der Waals surface area contributed by atoms with Gasteiger partial charge < -0.3 is 24.1 Å². The van der Waals surface area contributed by atoms with Crippen LogP contribution in [0.2, 0.25) is 0 Å². The van der Waals surface area contributed by atoms with E-state index in [0.717, 1.165) is 11.4 Å². The molecule has 2 heterocycles. The van der Waals surface area contributed by atoms with Crippen LogP contribution in [-0.2, 0) is 20.9 Å². The number of hydrogen-bond acceptors (Lipinski definition) is 6. The topological polar surface area (TPSA) is 95.9 Å². The highest BCUT2D eigenvalue weighted by Crippen LogP contribution is 2.31. The number of Topliss-reactive ketones (excluding diaryl/α,β-unsaturated/α-hetero) is 1. The Hall–Kier alpha value is -4.33. The molecule has 0 saturated heterocycles. The van der Waals surface area contributed by atoms with Crippen LogP contribution in [0.4, 0.5) is 0 Å². The zero-order valence-corrected chi connectivity index (χ0v) is 20.4. The van der Waals surface area contributed by atoms with Crippen LogP contribution < -0.4 is 14.8 Å². The molecule has 1 N–H and O–H groups in total. The van der Waals surface area contributed by atoms with Gasteiger partial charge in [0.05, 0.1) is 6.54 Å². The molecular formula is C28H28N2O6. The SMILES string of the molecule is CC(=O)N/C(=C\c1ccccc1)C(=O)OCC(=O)c1cc(C)n(C[C@H]2COc3ccccc3O2)c1C. The van der Waals surface area contributed by atoms with Crippen molar-refractivity contribution in [3.05, 3.63) is 88.9 Å². The highest BCUT2D eigenvalue weighted by atomic mass is 16.6. The first-order chi connectivity index (χ1) is 17.3. The number of nitrogens with one attached hydrogen (secondary N) is 1. The third-order valence-electron chi connectivity index (χ3n) is 5.80. The number of aryl methyl sites for hydroxylation is 1. The molecule has 3 aromatic rings.